The molecule has 0 radical (unpaired) electrons. The first-order chi connectivity index (χ1) is 15.2. The van der Waals surface area contributed by atoms with E-state index in [1.807, 2.05) is 0 Å². The maximum atomic E-state index is 2.66. The van der Waals surface area contributed by atoms with Crippen LogP contribution in [0.5, 0.6) is 0 Å². The molecule has 4 heteroatoms. The van der Waals surface area contributed by atoms with Crippen molar-refractivity contribution in [1.29, 1.82) is 0 Å². The summed E-state index contributed by atoms with van der Waals surface area (Å²) >= 11 is -1.84. The Morgan fingerprint density at radius 1 is 0.706 bits per heavy atom. The molecular formula is C30H41Cl2SiZr. The number of halogens is 2. The van der Waals surface area contributed by atoms with Crippen LogP contribution in [-0.2, 0) is 33.8 Å². The van der Waals surface area contributed by atoms with Crippen molar-refractivity contribution < 1.29 is 45.7 Å². The van der Waals surface area contributed by atoms with E-state index in [0.29, 0.717) is 11.8 Å². The molecule has 0 amide bonds. The molecule has 2 aliphatic carbocycles. The van der Waals surface area contributed by atoms with Gasteiger partial charge < -0.3 is 24.8 Å². The summed E-state index contributed by atoms with van der Waals surface area (Å²) in [4.78, 5) is 0. The summed E-state index contributed by atoms with van der Waals surface area (Å²) in [5.74, 6) is 0.688. The van der Waals surface area contributed by atoms with Crippen molar-refractivity contribution in [2.75, 3.05) is 0 Å². The van der Waals surface area contributed by atoms with Crippen LogP contribution in [0.15, 0.2) is 47.5 Å². The molecule has 0 nitrogen and oxygen atoms in total. The zero-order valence-electron chi connectivity index (χ0n) is 22.2. The van der Waals surface area contributed by atoms with Crippen LogP contribution in [0.2, 0.25) is 13.1 Å². The van der Waals surface area contributed by atoms with Gasteiger partial charge in [-0.05, 0) is 0 Å². The Balaban J connectivity index is 0.00000204. The van der Waals surface area contributed by atoms with Crippen LogP contribution >= 0.6 is 0 Å². The summed E-state index contributed by atoms with van der Waals surface area (Å²) in [6, 6.07) is 14.9. The molecule has 183 valence electrons. The van der Waals surface area contributed by atoms with E-state index in [1.54, 1.807) is 22.3 Å². The van der Waals surface area contributed by atoms with E-state index in [4.69, 9.17) is 0 Å². The number of hydrogen-bond donors (Lipinski definition) is 0. The first-order valence-corrected chi connectivity index (χ1v) is 22.6. The molecule has 34 heavy (non-hydrogen) atoms. The quantitative estimate of drug-likeness (QED) is 0.434. The third-order valence-electron chi connectivity index (χ3n) is 7.22. The van der Waals surface area contributed by atoms with Gasteiger partial charge in [0.15, 0.2) is 0 Å². The maximum Gasteiger partial charge on any atom is -1.00 e. The second-order valence-corrected chi connectivity index (χ2v) is 31.5. The first kappa shape index (κ1) is 29.8. The van der Waals surface area contributed by atoms with Crippen LogP contribution in [0.4, 0.5) is 0 Å². The van der Waals surface area contributed by atoms with Crippen molar-refractivity contribution in [1.82, 2.24) is 0 Å². The van der Waals surface area contributed by atoms with E-state index in [2.05, 4.69) is 103 Å². The van der Waals surface area contributed by atoms with E-state index >= 15 is 0 Å². The minimum Gasteiger partial charge on any atom is -1.00 e. The third-order valence-corrected chi connectivity index (χ3v) is 29.4. The van der Waals surface area contributed by atoms with E-state index in [-0.39, 0.29) is 24.8 Å². The second kappa shape index (κ2) is 12.2. The average Bonchev–Trinajstić information content (AvgIpc) is 3.17. The predicted molar refractivity (Wildman–Crippen MR) is 142 cm³/mol. The standard InChI is InChI=1S/2C14H17.C2H7Si.2ClH.Zr/c2*1-10(2)6-12-4-5-13-7-11(3)8-14(13)9-12;1-3-2;;;/h2*4-5,7-10H,6H2,1-3H3;3H,1-2H3;2*1H;/q;;;;;+2/p-2. The van der Waals surface area contributed by atoms with Crippen molar-refractivity contribution in [3.8, 4) is 0 Å². The molecule has 0 bridgehead atoms. The number of rotatable bonds is 7. The Labute approximate surface area is 229 Å². The fraction of sp³-hybridized carbons (Fsp3) is 0.467. The van der Waals surface area contributed by atoms with Crippen molar-refractivity contribution in [2.45, 2.75) is 74.7 Å². The van der Waals surface area contributed by atoms with Crippen molar-refractivity contribution >= 4 is 18.1 Å². The van der Waals surface area contributed by atoms with Gasteiger partial charge >= 0.3 is 206 Å². The minimum absolute atomic E-state index is 0. The number of allylic oxidation sites excluding steroid dienone is 2. The molecule has 0 fully saturated rings. The maximum absolute atomic E-state index is 2.66. The van der Waals surface area contributed by atoms with Crippen molar-refractivity contribution in [3.05, 3.63) is 80.9 Å². The fourth-order valence-electron chi connectivity index (χ4n) is 6.09. The molecule has 0 saturated carbocycles. The third kappa shape index (κ3) is 6.11. The summed E-state index contributed by atoms with van der Waals surface area (Å²) in [5, 5.41) is 0. The SMILES string of the molecule is CC1=Cc2cc(CC(C)C)ccc2[CH]1[Zr+2]([CH]1C(C)=Cc2cc(CC(C)C)ccc21)[SiH](C)C.[Cl-].[Cl-]. The van der Waals surface area contributed by atoms with Gasteiger partial charge in [-0.15, -0.1) is 0 Å². The second-order valence-electron chi connectivity index (χ2n) is 11.4. The van der Waals surface area contributed by atoms with E-state index in [1.165, 1.54) is 35.1 Å². The topological polar surface area (TPSA) is 0 Å². The summed E-state index contributed by atoms with van der Waals surface area (Å²) in [7, 11) is 0. The average molecular weight is 592 g/mol. The van der Waals surface area contributed by atoms with Gasteiger partial charge in [0.05, 0.1) is 0 Å². The van der Waals surface area contributed by atoms with Crippen molar-refractivity contribution in [3.63, 3.8) is 0 Å². The predicted octanol–water partition coefficient (Wildman–Crippen LogP) is 2.31. The minimum atomic E-state index is -1.84. The van der Waals surface area contributed by atoms with Crippen LogP contribution < -0.4 is 24.8 Å². The molecule has 0 aliphatic heterocycles. The van der Waals surface area contributed by atoms with Crippen LogP contribution in [0.25, 0.3) is 12.2 Å². The molecule has 2 aromatic rings. The fourth-order valence-corrected chi connectivity index (χ4v) is 29.4. The molecule has 4 rings (SSSR count). The molecule has 0 spiro atoms. The van der Waals surface area contributed by atoms with Gasteiger partial charge in [0.2, 0.25) is 0 Å². The molecular weight excluding hydrogens is 551 g/mol. The zero-order chi connectivity index (χ0) is 23.2. The number of benzene rings is 2. The Hall–Kier alpha value is -0.400. The molecule has 2 aromatic carbocycles. The van der Waals surface area contributed by atoms with Gasteiger partial charge in [-0.2, -0.15) is 0 Å². The normalized spacial score (nSPS) is 18.3. The summed E-state index contributed by atoms with van der Waals surface area (Å²) < 4.78 is 1.53. The summed E-state index contributed by atoms with van der Waals surface area (Å²) in [6.07, 6.45) is 7.46. The summed E-state index contributed by atoms with van der Waals surface area (Å²) in [5.41, 5.74) is 12.7. The van der Waals surface area contributed by atoms with Crippen LogP contribution in [-0.4, -0.2) is 5.92 Å². The Morgan fingerprint density at radius 2 is 1.09 bits per heavy atom. The van der Waals surface area contributed by atoms with Crippen LogP contribution in [0.3, 0.4) is 0 Å². The Morgan fingerprint density at radius 3 is 1.41 bits per heavy atom. The smallest absolute Gasteiger partial charge is 1.00 e. The van der Waals surface area contributed by atoms with Crippen molar-refractivity contribution in [2.24, 2.45) is 11.8 Å². The Bertz CT molecular complexity index is 986. The molecule has 0 heterocycles. The van der Waals surface area contributed by atoms with Gasteiger partial charge in [-0.3, -0.25) is 0 Å². The van der Waals surface area contributed by atoms with E-state index in [0.717, 1.165) is 7.25 Å². The van der Waals surface area contributed by atoms with Crippen LogP contribution in [0.1, 0.15) is 82.2 Å². The van der Waals surface area contributed by atoms with E-state index < -0.39 is 26.8 Å². The van der Waals surface area contributed by atoms with Gasteiger partial charge in [0, 0.05) is 0 Å². The molecule has 2 atom stereocenters. The molecule has 0 saturated heterocycles. The Kier molecular flexibility index (Phi) is 10.7. The number of fused-ring (bicyclic) bond motifs is 2. The molecule has 0 N–H and O–H groups in total. The van der Waals surface area contributed by atoms with E-state index in [9.17, 15) is 0 Å². The monoisotopic (exact) mass is 589 g/mol. The first-order valence-electron chi connectivity index (χ1n) is 12.6. The van der Waals surface area contributed by atoms with Gasteiger partial charge in [0.25, 0.3) is 0 Å². The molecule has 2 aliphatic rings. The van der Waals surface area contributed by atoms with Crippen LogP contribution in [0, 0.1) is 11.8 Å². The summed E-state index contributed by atoms with van der Waals surface area (Å²) in [6.45, 7) is 19.5. The van der Waals surface area contributed by atoms with Gasteiger partial charge in [-0.1, -0.05) is 0 Å². The van der Waals surface area contributed by atoms with Gasteiger partial charge in [-0.25, -0.2) is 0 Å². The zero-order valence-corrected chi connectivity index (χ0v) is 27.3. The molecule has 0 aromatic heterocycles. The van der Waals surface area contributed by atoms with Gasteiger partial charge in [0.1, 0.15) is 0 Å². The largest absolute Gasteiger partial charge is 1.00 e. The number of hydrogen-bond acceptors (Lipinski definition) is 0. The molecule has 2 unspecified atom stereocenters.